The molecule has 3 heteroatoms. The van der Waals surface area contributed by atoms with Crippen LogP contribution in [0.5, 0.6) is 0 Å². The van der Waals surface area contributed by atoms with E-state index in [0.29, 0.717) is 11.8 Å². The van der Waals surface area contributed by atoms with Crippen LogP contribution in [-0.4, -0.2) is 19.5 Å². The molecule has 1 aliphatic carbocycles. The molecule has 0 bridgehead atoms. The molecule has 1 saturated heterocycles. The number of hydrogen-bond donors (Lipinski definition) is 0. The van der Waals surface area contributed by atoms with Gasteiger partial charge in [-0.1, -0.05) is 20.8 Å². The van der Waals surface area contributed by atoms with Gasteiger partial charge in [-0.2, -0.15) is 5.26 Å². The summed E-state index contributed by atoms with van der Waals surface area (Å²) in [6.07, 6.45) is 4.19. The summed E-state index contributed by atoms with van der Waals surface area (Å²) in [4.78, 5) is 0. The van der Waals surface area contributed by atoms with E-state index in [4.69, 9.17) is 14.7 Å². The zero-order chi connectivity index (χ0) is 12.7. The minimum atomic E-state index is 0.000780. The maximum Gasteiger partial charge on any atom is 0.160 e. The van der Waals surface area contributed by atoms with Gasteiger partial charge in [0, 0.05) is 17.8 Å². The molecule has 17 heavy (non-hydrogen) atoms. The fourth-order valence-electron chi connectivity index (χ4n) is 2.41. The Balaban J connectivity index is 0.000000686. The van der Waals surface area contributed by atoms with Crippen LogP contribution >= 0.6 is 0 Å². The Kier molecular flexibility index (Phi) is 6.54. The van der Waals surface area contributed by atoms with Crippen LogP contribution in [0.15, 0.2) is 0 Å². The molecule has 0 aromatic rings. The lowest BCUT2D eigenvalue weighted by Gasteiger charge is -2.35. The van der Waals surface area contributed by atoms with Crippen LogP contribution in [0, 0.1) is 29.1 Å². The van der Waals surface area contributed by atoms with Crippen molar-refractivity contribution in [3.8, 4) is 6.07 Å². The smallest absolute Gasteiger partial charge is 0.160 e. The second-order valence-electron chi connectivity index (χ2n) is 4.88. The first-order valence-corrected chi connectivity index (χ1v) is 6.92. The molecule has 3 nitrogen and oxygen atoms in total. The summed E-state index contributed by atoms with van der Waals surface area (Å²) in [5, 5.41) is 8.81. The van der Waals surface area contributed by atoms with Gasteiger partial charge in [0.2, 0.25) is 0 Å². The van der Waals surface area contributed by atoms with E-state index >= 15 is 0 Å². The van der Waals surface area contributed by atoms with Gasteiger partial charge in [-0.05, 0) is 25.7 Å². The van der Waals surface area contributed by atoms with Crippen LogP contribution in [0.1, 0.15) is 46.5 Å². The molecule has 2 aliphatic rings. The minimum absolute atomic E-state index is 0.000780. The minimum Gasteiger partial charge on any atom is -0.352 e. The highest BCUT2D eigenvalue weighted by Crippen LogP contribution is 2.33. The average molecular weight is 239 g/mol. The Hall–Kier alpha value is -0.590. The predicted octanol–water partition coefficient (Wildman–Crippen LogP) is 3.35. The van der Waals surface area contributed by atoms with E-state index in [-0.39, 0.29) is 12.2 Å². The van der Waals surface area contributed by atoms with Crippen LogP contribution in [0.3, 0.4) is 0 Å². The van der Waals surface area contributed by atoms with Crippen LogP contribution in [-0.2, 0) is 9.47 Å². The average Bonchev–Trinajstić information content (AvgIpc) is 2.42. The first-order chi connectivity index (χ1) is 8.29. The second kappa shape index (κ2) is 7.68. The van der Waals surface area contributed by atoms with Crippen LogP contribution in [0.4, 0.5) is 0 Å². The molecule has 0 unspecified atom stereocenters. The van der Waals surface area contributed by atoms with Gasteiger partial charge in [0.15, 0.2) is 6.29 Å². The number of ether oxygens (including phenoxy) is 2. The summed E-state index contributed by atoms with van der Waals surface area (Å²) >= 11 is 0. The van der Waals surface area contributed by atoms with Crippen LogP contribution in [0.25, 0.3) is 0 Å². The first-order valence-electron chi connectivity index (χ1n) is 6.92. The number of nitriles is 1. The highest BCUT2D eigenvalue weighted by atomic mass is 16.7. The van der Waals surface area contributed by atoms with Crippen molar-refractivity contribution in [2.24, 2.45) is 17.8 Å². The second-order valence-corrected chi connectivity index (χ2v) is 4.88. The maximum atomic E-state index is 8.81. The van der Waals surface area contributed by atoms with E-state index in [0.717, 1.165) is 38.9 Å². The van der Waals surface area contributed by atoms with Crippen molar-refractivity contribution in [2.75, 3.05) is 13.2 Å². The molecular formula is C14H25NO2. The van der Waals surface area contributed by atoms with Gasteiger partial charge in [0.25, 0.3) is 0 Å². The molecule has 2 fully saturated rings. The van der Waals surface area contributed by atoms with Gasteiger partial charge in [0.05, 0.1) is 19.3 Å². The van der Waals surface area contributed by atoms with Gasteiger partial charge >= 0.3 is 0 Å². The van der Waals surface area contributed by atoms with E-state index in [9.17, 15) is 0 Å². The molecule has 0 aromatic carbocycles. The quantitative estimate of drug-likeness (QED) is 0.704. The Morgan fingerprint density at radius 2 is 1.53 bits per heavy atom. The number of rotatable bonds is 1. The standard InChI is InChI=1S/C12H19NO2.C2H6/c1-9-7-14-12(15-8-9)11-4-2-10(6-13)3-5-11;1-2/h9-12H,2-5,7-8H2,1H3;1-2H3. The van der Waals surface area contributed by atoms with Gasteiger partial charge in [-0.15, -0.1) is 0 Å². The monoisotopic (exact) mass is 239 g/mol. The van der Waals surface area contributed by atoms with Crippen LogP contribution < -0.4 is 0 Å². The van der Waals surface area contributed by atoms with Gasteiger partial charge in [-0.25, -0.2) is 0 Å². The van der Waals surface area contributed by atoms with Crippen molar-refractivity contribution in [3.05, 3.63) is 0 Å². The lowest BCUT2D eigenvalue weighted by atomic mass is 9.82. The Morgan fingerprint density at radius 1 is 1.00 bits per heavy atom. The van der Waals surface area contributed by atoms with Gasteiger partial charge in [0.1, 0.15) is 0 Å². The molecule has 1 heterocycles. The third-order valence-corrected chi connectivity index (χ3v) is 3.43. The van der Waals surface area contributed by atoms with Gasteiger partial charge < -0.3 is 9.47 Å². The fourth-order valence-corrected chi connectivity index (χ4v) is 2.41. The van der Waals surface area contributed by atoms with Crippen molar-refractivity contribution in [2.45, 2.75) is 52.7 Å². The number of hydrogen-bond acceptors (Lipinski definition) is 3. The molecular weight excluding hydrogens is 214 g/mol. The molecule has 1 aliphatic heterocycles. The largest absolute Gasteiger partial charge is 0.352 e. The van der Waals surface area contributed by atoms with Crippen LogP contribution in [0.2, 0.25) is 0 Å². The summed E-state index contributed by atoms with van der Waals surface area (Å²) in [7, 11) is 0. The van der Waals surface area contributed by atoms with Gasteiger partial charge in [-0.3, -0.25) is 0 Å². The lowest BCUT2D eigenvalue weighted by molar-refractivity contribution is -0.226. The Morgan fingerprint density at radius 3 is 2.00 bits per heavy atom. The molecule has 0 aromatic heterocycles. The summed E-state index contributed by atoms with van der Waals surface area (Å²) in [5.74, 6) is 1.31. The van der Waals surface area contributed by atoms with Crippen molar-refractivity contribution >= 4 is 0 Å². The van der Waals surface area contributed by atoms with E-state index < -0.39 is 0 Å². The highest BCUT2D eigenvalue weighted by molar-refractivity contribution is 4.88. The maximum absolute atomic E-state index is 8.81. The fraction of sp³-hybridized carbons (Fsp3) is 0.929. The SMILES string of the molecule is CC.CC1COC(C2CCC(C#N)CC2)OC1. The molecule has 98 valence electrons. The molecule has 0 atom stereocenters. The summed E-state index contributed by atoms with van der Waals surface area (Å²) in [5.41, 5.74) is 0. The van der Waals surface area contributed by atoms with E-state index in [1.54, 1.807) is 0 Å². The first kappa shape index (κ1) is 14.5. The van der Waals surface area contributed by atoms with E-state index in [1.807, 2.05) is 13.8 Å². The Bertz CT molecular complexity index is 233. The summed E-state index contributed by atoms with van der Waals surface area (Å²) < 4.78 is 11.4. The van der Waals surface area contributed by atoms with Crippen molar-refractivity contribution in [3.63, 3.8) is 0 Å². The molecule has 2 rings (SSSR count). The van der Waals surface area contributed by atoms with E-state index in [1.165, 1.54) is 0 Å². The summed E-state index contributed by atoms with van der Waals surface area (Å²) in [6.45, 7) is 7.79. The third kappa shape index (κ3) is 4.29. The zero-order valence-corrected chi connectivity index (χ0v) is 11.3. The Labute approximate surface area is 105 Å². The molecule has 0 amide bonds. The van der Waals surface area contributed by atoms with Crippen molar-refractivity contribution in [1.29, 1.82) is 5.26 Å². The molecule has 0 N–H and O–H groups in total. The highest BCUT2D eigenvalue weighted by Gasteiger charge is 2.31. The normalized spacial score (nSPS) is 37.5. The predicted molar refractivity (Wildman–Crippen MR) is 67.3 cm³/mol. The summed E-state index contributed by atoms with van der Waals surface area (Å²) in [6, 6.07) is 2.35. The molecule has 1 saturated carbocycles. The van der Waals surface area contributed by atoms with Crippen molar-refractivity contribution in [1.82, 2.24) is 0 Å². The zero-order valence-electron chi connectivity index (χ0n) is 11.3. The van der Waals surface area contributed by atoms with Crippen molar-refractivity contribution < 1.29 is 9.47 Å². The van der Waals surface area contributed by atoms with E-state index in [2.05, 4.69) is 13.0 Å². The lowest BCUT2D eigenvalue weighted by Crippen LogP contribution is -2.37. The topological polar surface area (TPSA) is 42.2 Å². The number of nitrogens with zero attached hydrogens (tertiary/aromatic N) is 1. The molecule has 0 spiro atoms. The third-order valence-electron chi connectivity index (χ3n) is 3.43. The molecule has 0 radical (unpaired) electrons.